The molecule has 1 amide bonds. The summed E-state index contributed by atoms with van der Waals surface area (Å²) in [5.74, 6) is 0.995. The molecule has 0 bridgehead atoms. The SMILES string of the molecule is C[C@H]1CN(C(=CC2CCC=CN2)Nc2ccc(C(=O)NCCc3ccc(Cl)cc3Cl)cc2)CCN1. The molecule has 2 aromatic carbocycles. The van der Waals surface area contributed by atoms with E-state index >= 15 is 0 Å². The number of benzene rings is 2. The van der Waals surface area contributed by atoms with E-state index in [1.54, 1.807) is 12.1 Å². The Morgan fingerprint density at radius 2 is 2.03 bits per heavy atom. The highest BCUT2D eigenvalue weighted by atomic mass is 35.5. The van der Waals surface area contributed by atoms with Gasteiger partial charge in [-0.2, -0.15) is 0 Å². The standard InChI is InChI=1S/C27H33Cl2N5O/c1-19-18-34(15-14-30-19)26(17-24-4-2-3-12-31-24)33-23-9-6-21(7-10-23)27(35)32-13-11-20-5-8-22(28)16-25(20)29/h3,5-10,12,16-17,19,24,30-31,33H,2,4,11,13-15,18H2,1H3,(H,32,35)/t19-,24?/m0/s1. The van der Waals surface area contributed by atoms with Crippen LogP contribution in [-0.2, 0) is 6.42 Å². The topological polar surface area (TPSA) is 68.4 Å². The normalized spacial score (nSPS) is 20.3. The van der Waals surface area contributed by atoms with Crippen molar-refractivity contribution in [3.05, 3.63) is 87.8 Å². The molecule has 1 saturated heterocycles. The zero-order valence-corrected chi connectivity index (χ0v) is 21.5. The summed E-state index contributed by atoms with van der Waals surface area (Å²) in [5, 5.41) is 14.7. The predicted octanol–water partition coefficient (Wildman–Crippen LogP) is 4.78. The van der Waals surface area contributed by atoms with Crippen LogP contribution >= 0.6 is 23.2 Å². The van der Waals surface area contributed by atoms with Crippen LogP contribution in [0.3, 0.4) is 0 Å². The average molecular weight is 515 g/mol. The van der Waals surface area contributed by atoms with E-state index in [1.165, 1.54) is 0 Å². The average Bonchev–Trinajstić information content (AvgIpc) is 2.86. The Bertz CT molecular complexity index is 1070. The van der Waals surface area contributed by atoms with Crippen LogP contribution in [0.1, 0.15) is 35.7 Å². The molecular weight excluding hydrogens is 481 g/mol. The first kappa shape index (κ1) is 25.4. The highest BCUT2D eigenvalue weighted by Crippen LogP contribution is 2.21. The van der Waals surface area contributed by atoms with Crippen LogP contribution in [0.5, 0.6) is 0 Å². The number of carbonyl (C=O) groups is 1. The van der Waals surface area contributed by atoms with Crippen LogP contribution < -0.4 is 21.3 Å². The molecule has 2 atom stereocenters. The second-order valence-corrected chi connectivity index (χ2v) is 9.89. The molecule has 0 aliphatic carbocycles. The van der Waals surface area contributed by atoms with E-state index in [1.807, 2.05) is 36.5 Å². The molecule has 2 aromatic rings. The Labute approximate surface area is 217 Å². The van der Waals surface area contributed by atoms with Crippen molar-refractivity contribution in [1.29, 1.82) is 0 Å². The van der Waals surface area contributed by atoms with Crippen molar-refractivity contribution < 1.29 is 4.79 Å². The third-order valence-corrected chi connectivity index (χ3v) is 6.84. The Morgan fingerprint density at radius 1 is 1.20 bits per heavy atom. The predicted molar refractivity (Wildman–Crippen MR) is 145 cm³/mol. The summed E-state index contributed by atoms with van der Waals surface area (Å²) < 4.78 is 0. The molecule has 6 nitrogen and oxygen atoms in total. The minimum absolute atomic E-state index is 0.105. The lowest BCUT2D eigenvalue weighted by molar-refractivity contribution is 0.0954. The van der Waals surface area contributed by atoms with E-state index < -0.39 is 0 Å². The third kappa shape index (κ3) is 7.40. The number of allylic oxidation sites excluding steroid dienone is 1. The van der Waals surface area contributed by atoms with Gasteiger partial charge in [-0.25, -0.2) is 0 Å². The largest absolute Gasteiger partial charge is 0.385 e. The molecule has 1 fully saturated rings. The van der Waals surface area contributed by atoms with Gasteiger partial charge in [-0.1, -0.05) is 35.3 Å². The summed E-state index contributed by atoms with van der Waals surface area (Å²) in [6.45, 7) is 5.55. The first-order valence-corrected chi connectivity index (χ1v) is 12.9. The molecule has 4 N–H and O–H groups in total. The summed E-state index contributed by atoms with van der Waals surface area (Å²) in [4.78, 5) is 15.0. The lowest BCUT2D eigenvalue weighted by atomic mass is 10.1. The van der Waals surface area contributed by atoms with E-state index in [0.29, 0.717) is 40.7 Å². The van der Waals surface area contributed by atoms with Crippen LogP contribution in [0.4, 0.5) is 5.69 Å². The molecule has 0 radical (unpaired) electrons. The fourth-order valence-electron chi connectivity index (χ4n) is 4.32. The van der Waals surface area contributed by atoms with E-state index in [9.17, 15) is 4.79 Å². The Balaban J connectivity index is 1.37. The number of nitrogens with one attached hydrogen (secondary N) is 4. The van der Waals surface area contributed by atoms with E-state index in [-0.39, 0.29) is 5.91 Å². The second-order valence-electron chi connectivity index (χ2n) is 9.05. The van der Waals surface area contributed by atoms with Crippen molar-refractivity contribution in [3.8, 4) is 0 Å². The molecule has 4 rings (SSSR count). The number of halogens is 2. The van der Waals surface area contributed by atoms with E-state index in [0.717, 1.165) is 49.5 Å². The fraction of sp³-hybridized carbons (Fsp3) is 0.370. The highest BCUT2D eigenvalue weighted by molar-refractivity contribution is 6.35. The number of anilines is 1. The summed E-state index contributed by atoms with van der Waals surface area (Å²) in [6.07, 6.45) is 9.28. The maximum atomic E-state index is 12.6. The molecule has 0 spiro atoms. The van der Waals surface area contributed by atoms with Crippen molar-refractivity contribution in [1.82, 2.24) is 20.9 Å². The molecule has 2 aliphatic rings. The smallest absolute Gasteiger partial charge is 0.251 e. The highest BCUT2D eigenvalue weighted by Gasteiger charge is 2.20. The zero-order valence-electron chi connectivity index (χ0n) is 20.0. The van der Waals surface area contributed by atoms with Gasteiger partial charge in [0.1, 0.15) is 5.82 Å². The van der Waals surface area contributed by atoms with Crippen molar-refractivity contribution >= 4 is 34.8 Å². The maximum absolute atomic E-state index is 12.6. The van der Waals surface area contributed by atoms with Crippen molar-refractivity contribution in [3.63, 3.8) is 0 Å². The number of rotatable bonds is 8. The lowest BCUT2D eigenvalue weighted by Crippen LogP contribution is -2.50. The molecule has 1 unspecified atom stereocenters. The van der Waals surface area contributed by atoms with Crippen LogP contribution in [-0.4, -0.2) is 49.1 Å². The number of carbonyl (C=O) groups excluding carboxylic acids is 1. The summed E-state index contributed by atoms with van der Waals surface area (Å²) >= 11 is 12.2. The first-order chi connectivity index (χ1) is 17.0. The minimum Gasteiger partial charge on any atom is -0.385 e. The van der Waals surface area contributed by atoms with Gasteiger partial charge < -0.3 is 26.2 Å². The summed E-state index contributed by atoms with van der Waals surface area (Å²) in [7, 11) is 0. The molecule has 8 heteroatoms. The molecule has 186 valence electrons. The monoisotopic (exact) mass is 513 g/mol. The first-order valence-electron chi connectivity index (χ1n) is 12.2. The van der Waals surface area contributed by atoms with Gasteiger partial charge in [0.2, 0.25) is 0 Å². The van der Waals surface area contributed by atoms with Crippen molar-refractivity contribution in [2.45, 2.75) is 38.3 Å². The van der Waals surface area contributed by atoms with Gasteiger partial charge in [0, 0.05) is 59.6 Å². The van der Waals surface area contributed by atoms with Gasteiger partial charge in [0.15, 0.2) is 0 Å². The lowest BCUT2D eigenvalue weighted by Gasteiger charge is -2.36. The van der Waals surface area contributed by atoms with Gasteiger partial charge in [0.05, 0.1) is 0 Å². The molecule has 2 heterocycles. The van der Waals surface area contributed by atoms with Gasteiger partial charge in [-0.3, -0.25) is 4.79 Å². The van der Waals surface area contributed by atoms with Crippen LogP contribution in [0.25, 0.3) is 0 Å². The van der Waals surface area contributed by atoms with Crippen LogP contribution in [0.15, 0.2) is 66.6 Å². The van der Waals surface area contributed by atoms with Gasteiger partial charge in [-0.15, -0.1) is 0 Å². The van der Waals surface area contributed by atoms with Crippen LogP contribution in [0.2, 0.25) is 10.0 Å². The number of amides is 1. The summed E-state index contributed by atoms with van der Waals surface area (Å²) in [6, 6.07) is 13.8. The molecular formula is C27H33Cl2N5O. The molecule has 35 heavy (non-hydrogen) atoms. The number of hydrogen-bond acceptors (Lipinski definition) is 5. The number of nitrogens with zero attached hydrogens (tertiary/aromatic N) is 1. The Kier molecular flexibility index (Phi) is 8.96. The van der Waals surface area contributed by atoms with Gasteiger partial charge in [0.25, 0.3) is 5.91 Å². The zero-order chi connectivity index (χ0) is 24.6. The third-order valence-electron chi connectivity index (χ3n) is 6.26. The van der Waals surface area contributed by atoms with E-state index in [4.69, 9.17) is 23.2 Å². The summed E-state index contributed by atoms with van der Waals surface area (Å²) in [5.41, 5.74) is 2.54. The quantitative estimate of drug-likeness (QED) is 0.409. The minimum atomic E-state index is -0.105. The number of piperazine rings is 1. The molecule has 0 saturated carbocycles. The van der Waals surface area contributed by atoms with E-state index in [2.05, 4.69) is 45.2 Å². The Hall–Kier alpha value is -2.67. The maximum Gasteiger partial charge on any atom is 0.251 e. The second kappa shape index (κ2) is 12.3. The molecule has 2 aliphatic heterocycles. The van der Waals surface area contributed by atoms with Crippen molar-refractivity contribution in [2.75, 3.05) is 31.5 Å². The van der Waals surface area contributed by atoms with Gasteiger partial charge in [-0.05, 0) is 80.4 Å². The van der Waals surface area contributed by atoms with Crippen LogP contribution in [0, 0.1) is 0 Å². The Morgan fingerprint density at radius 3 is 2.74 bits per heavy atom. The fourth-order valence-corrected chi connectivity index (χ4v) is 4.83. The van der Waals surface area contributed by atoms with Crippen molar-refractivity contribution in [2.24, 2.45) is 0 Å². The molecule has 0 aromatic heterocycles. The van der Waals surface area contributed by atoms with Gasteiger partial charge >= 0.3 is 0 Å². The number of hydrogen-bond donors (Lipinski definition) is 4.